The van der Waals surface area contributed by atoms with Gasteiger partial charge in [-0.2, -0.15) is 0 Å². The standard InChI is InChI=1S/C20H26N4O2S/c1-13(2)22-20(26)23-19-17(18(21)25)15-9-11-24(12-16(15)27-19)10-8-14-6-4-3-5-7-14/h3-7,13H,8-12H2,1-2H3,(H2,21,25)(H2,22,23,26). The molecule has 0 spiro atoms. The molecule has 4 N–H and O–H groups in total. The van der Waals surface area contributed by atoms with E-state index >= 15 is 0 Å². The van der Waals surface area contributed by atoms with E-state index in [9.17, 15) is 9.59 Å². The first-order valence-electron chi connectivity index (χ1n) is 9.22. The van der Waals surface area contributed by atoms with Crippen LogP contribution >= 0.6 is 11.3 Å². The maximum atomic E-state index is 12.1. The fraction of sp³-hybridized carbons (Fsp3) is 0.400. The second-order valence-electron chi connectivity index (χ2n) is 7.09. The van der Waals surface area contributed by atoms with E-state index in [1.807, 2.05) is 19.9 Å². The van der Waals surface area contributed by atoms with Crippen LogP contribution in [-0.4, -0.2) is 36.0 Å². The van der Waals surface area contributed by atoms with Crippen LogP contribution < -0.4 is 16.4 Å². The first-order chi connectivity index (χ1) is 12.9. The minimum absolute atomic E-state index is 0.0186. The summed E-state index contributed by atoms with van der Waals surface area (Å²) in [4.78, 5) is 27.5. The van der Waals surface area contributed by atoms with Gasteiger partial charge in [-0.05, 0) is 37.8 Å². The molecule has 1 aliphatic rings. The first-order valence-corrected chi connectivity index (χ1v) is 10.0. The summed E-state index contributed by atoms with van der Waals surface area (Å²) in [6.45, 7) is 6.40. The lowest BCUT2D eigenvalue weighted by Gasteiger charge is -2.27. The summed E-state index contributed by atoms with van der Waals surface area (Å²) in [6.07, 6.45) is 1.76. The Morgan fingerprint density at radius 2 is 2.00 bits per heavy atom. The Labute approximate surface area is 163 Å². The molecule has 0 fully saturated rings. The van der Waals surface area contributed by atoms with Crippen LogP contribution in [0.1, 0.15) is 40.2 Å². The van der Waals surface area contributed by atoms with Gasteiger partial charge in [-0.3, -0.25) is 15.0 Å². The molecule has 0 saturated carbocycles. The van der Waals surface area contributed by atoms with Crippen LogP contribution in [0.25, 0.3) is 0 Å². The van der Waals surface area contributed by atoms with E-state index in [4.69, 9.17) is 5.73 Å². The van der Waals surface area contributed by atoms with Gasteiger partial charge in [-0.1, -0.05) is 30.3 Å². The van der Waals surface area contributed by atoms with Crippen LogP contribution in [-0.2, 0) is 19.4 Å². The zero-order valence-corrected chi connectivity index (χ0v) is 16.6. The second-order valence-corrected chi connectivity index (χ2v) is 8.19. The van der Waals surface area contributed by atoms with Crippen LogP contribution in [0.2, 0.25) is 0 Å². The van der Waals surface area contributed by atoms with Gasteiger partial charge in [0.15, 0.2) is 0 Å². The molecule has 0 atom stereocenters. The molecule has 7 heteroatoms. The maximum Gasteiger partial charge on any atom is 0.320 e. The molecule has 1 aliphatic heterocycles. The third-order valence-electron chi connectivity index (χ3n) is 4.59. The minimum atomic E-state index is -0.481. The van der Waals surface area contributed by atoms with Crippen LogP contribution in [0.15, 0.2) is 30.3 Å². The van der Waals surface area contributed by atoms with Gasteiger partial charge in [0.1, 0.15) is 5.00 Å². The molecule has 27 heavy (non-hydrogen) atoms. The van der Waals surface area contributed by atoms with E-state index < -0.39 is 5.91 Å². The average molecular weight is 387 g/mol. The number of nitrogens with one attached hydrogen (secondary N) is 2. The van der Waals surface area contributed by atoms with Crippen LogP contribution in [0.5, 0.6) is 0 Å². The third kappa shape index (κ3) is 4.87. The SMILES string of the molecule is CC(C)NC(=O)Nc1sc2c(c1C(N)=O)CCN(CCc1ccccc1)C2. The molecule has 144 valence electrons. The highest BCUT2D eigenvalue weighted by molar-refractivity contribution is 7.17. The summed E-state index contributed by atoms with van der Waals surface area (Å²) in [5, 5.41) is 6.13. The number of anilines is 1. The number of rotatable bonds is 6. The van der Waals surface area contributed by atoms with Gasteiger partial charge in [-0.15, -0.1) is 11.3 Å². The number of carbonyl (C=O) groups excluding carboxylic acids is 2. The first kappa shape index (κ1) is 19.4. The number of amides is 3. The fourth-order valence-corrected chi connectivity index (χ4v) is 4.62. The molecule has 0 aliphatic carbocycles. The predicted molar refractivity (Wildman–Crippen MR) is 109 cm³/mol. The number of carbonyl (C=O) groups is 2. The van der Waals surface area contributed by atoms with Gasteiger partial charge in [0, 0.05) is 30.6 Å². The van der Waals surface area contributed by atoms with E-state index in [0.29, 0.717) is 10.6 Å². The summed E-state index contributed by atoms with van der Waals surface area (Å²) >= 11 is 1.46. The second kappa shape index (κ2) is 8.54. The number of hydrogen-bond donors (Lipinski definition) is 3. The molecule has 3 amide bonds. The predicted octanol–water partition coefficient (Wildman–Crippen LogP) is 2.98. The summed E-state index contributed by atoms with van der Waals surface area (Å²) in [6, 6.07) is 10.1. The van der Waals surface area contributed by atoms with E-state index in [1.165, 1.54) is 16.9 Å². The van der Waals surface area contributed by atoms with Gasteiger partial charge in [0.05, 0.1) is 5.56 Å². The third-order valence-corrected chi connectivity index (χ3v) is 5.72. The number of benzene rings is 1. The largest absolute Gasteiger partial charge is 0.365 e. The Balaban J connectivity index is 1.71. The van der Waals surface area contributed by atoms with Crippen LogP contribution in [0, 0.1) is 0 Å². The molecule has 0 bridgehead atoms. The summed E-state index contributed by atoms with van der Waals surface area (Å²) < 4.78 is 0. The number of primary amides is 1. The van der Waals surface area contributed by atoms with Gasteiger partial charge in [0.2, 0.25) is 0 Å². The Hall–Kier alpha value is -2.38. The van der Waals surface area contributed by atoms with Crippen molar-refractivity contribution in [2.24, 2.45) is 5.73 Å². The molecular formula is C20H26N4O2S. The quantitative estimate of drug-likeness (QED) is 0.713. The monoisotopic (exact) mass is 386 g/mol. The normalized spacial score (nSPS) is 14.0. The van der Waals surface area contributed by atoms with Crippen molar-refractivity contribution in [3.8, 4) is 0 Å². The van der Waals surface area contributed by atoms with Gasteiger partial charge >= 0.3 is 6.03 Å². The molecule has 0 saturated heterocycles. The Kier molecular flexibility index (Phi) is 6.13. The van der Waals surface area contributed by atoms with Crippen molar-refractivity contribution in [1.82, 2.24) is 10.2 Å². The molecule has 3 rings (SSSR count). The lowest BCUT2D eigenvalue weighted by Crippen LogP contribution is -2.34. The molecule has 1 aromatic carbocycles. The molecule has 2 aromatic rings. The van der Waals surface area contributed by atoms with E-state index in [0.717, 1.165) is 42.9 Å². The average Bonchev–Trinajstić information content (AvgIpc) is 2.97. The van der Waals surface area contributed by atoms with Crippen molar-refractivity contribution in [2.45, 2.75) is 39.3 Å². The van der Waals surface area contributed by atoms with Crippen molar-refractivity contribution in [2.75, 3.05) is 18.4 Å². The number of fused-ring (bicyclic) bond motifs is 1. The zero-order valence-electron chi connectivity index (χ0n) is 15.7. The molecule has 6 nitrogen and oxygen atoms in total. The van der Waals surface area contributed by atoms with Crippen molar-refractivity contribution in [1.29, 1.82) is 0 Å². The highest BCUT2D eigenvalue weighted by Gasteiger charge is 2.27. The highest BCUT2D eigenvalue weighted by Crippen LogP contribution is 2.36. The number of nitrogens with two attached hydrogens (primary N) is 1. The van der Waals surface area contributed by atoms with Gasteiger partial charge < -0.3 is 11.1 Å². The minimum Gasteiger partial charge on any atom is -0.365 e. The van der Waals surface area contributed by atoms with Crippen molar-refractivity contribution >= 4 is 28.3 Å². The fourth-order valence-electron chi connectivity index (χ4n) is 3.33. The van der Waals surface area contributed by atoms with E-state index in [1.54, 1.807) is 0 Å². The number of nitrogens with zero attached hydrogens (tertiary/aromatic N) is 1. The molecular weight excluding hydrogens is 360 g/mol. The van der Waals surface area contributed by atoms with Gasteiger partial charge in [0.25, 0.3) is 5.91 Å². The topological polar surface area (TPSA) is 87.5 Å². The molecule has 2 heterocycles. The lowest BCUT2D eigenvalue weighted by molar-refractivity contribution is 0.1000. The van der Waals surface area contributed by atoms with Crippen LogP contribution in [0.4, 0.5) is 9.80 Å². The highest BCUT2D eigenvalue weighted by atomic mass is 32.1. The Bertz CT molecular complexity index is 817. The summed E-state index contributed by atoms with van der Waals surface area (Å²) in [5.41, 5.74) is 8.39. The van der Waals surface area contributed by atoms with Crippen molar-refractivity contribution in [3.63, 3.8) is 0 Å². The summed E-state index contributed by atoms with van der Waals surface area (Å²) in [7, 11) is 0. The lowest BCUT2D eigenvalue weighted by atomic mass is 10.0. The van der Waals surface area contributed by atoms with E-state index in [-0.39, 0.29) is 12.1 Å². The number of urea groups is 1. The van der Waals surface area contributed by atoms with Crippen molar-refractivity contribution in [3.05, 3.63) is 51.9 Å². The van der Waals surface area contributed by atoms with Crippen LogP contribution in [0.3, 0.4) is 0 Å². The van der Waals surface area contributed by atoms with E-state index in [2.05, 4.69) is 39.8 Å². The van der Waals surface area contributed by atoms with Gasteiger partial charge in [-0.25, -0.2) is 4.79 Å². The zero-order chi connectivity index (χ0) is 19.4. The Morgan fingerprint density at radius 1 is 1.26 bits per heavy atom. The molecule has 0 unspecified atom stereocenters. The molecule has 0 radical (unpaired) electrons. The molecule has 1 aromatic heterocycles. The Morgan fingerprint density at radius 3 is 2.67 bits per heavy atom. The summed E-state index contributed by atoms with van der Waals surface area (Å²) in [5.74, 6) is -0.481. The number of hydrogen-bond acceptors (Lipinski definition) is 4. The van der Waals surface area contributed by atoms with Crippen molar-refractivity contribution < 1.29 is 9.59 Å². The maximum absolute atomic E-state index is 12.1. The smallest absolute Gasteiger partial charge is 0.320 e. The number of thiophene rings is 1.